The normalized spacial score (nSPS) is 32.4. The van der Waals surface area contributed by atoms with E-state index in [9.17, 15) is 24.6 Å². The highest BCUT2D eigenvalue weighted by Crippen LogP contribution is 2.43. The molecule has 0 radical (unpaired) electrons. The molecule has 5 aliphatic rings. The predicted molar refractivity (Wildman–Crippen MR) is 134 cm³/mol. The molecule has 2 fully saturated rings. The van der Waals surface area contributed by atoms with Gasteiger partial charge in [-0.05, 0) is 35.4 Å². The van der Waals surface area contributed by atoms with E-state index in [1.807, 2.05) is 12.1 Å². The number of nitrogens with one attached hydrogen (secondary N) is 3. The fourth-order valence-corrected chi connectivity index (χ4v) is 6.94. The van der Waals surface area contributed by atoms with Gasteiger partial charge in [0.2, 0.25) is 17.6 Å². The van der Waals surface area contributed by atoms with Gasteiger partial charge in [-0.3, -0.25) is 34.9 Å². The van der Waals surface area contributed by atoms with Crippen LogP contribution in [-0.4, -0.2) is 92.3 Å². The molecule has 0 aromatic heterocycles. The predicted octanol–water partition coefficient (Wildman–Crippen LogP) is -4.09. The minimum atomic E-state index is -2.58. The van der Waals surface area contributed by atoms with Crippen LogP contribution < -0.4 is 27.1 Å². The smallest absolute Gasteiger partial charge is 0.343 e. The highest BCUT2D eigenvalue weighted by Gasteiger charge is 2.76. The molecule has 38 heavy (non-hydrogen) atoms. The molecular weight excluding hydrogens is 492 g/mol. The Morgan fingerprint density at radius 3 is 2.63 bits per heavy atom. The number of aryl methyl sites for hydroxylation is 1. The monoisotopic (exact) mass is 525 g/mol. The van der Waals surface area contributed by atoms with Crippen molar-refractivity contribution in [3.63, 3.8) is 0 Å². The van der Waals surface area contributed by atoms with Crippen LogP contribution in [0.3, 0.4) is 0 Å². The van der Waals surface area contributed by atoms with Crippen molar-refractivity contribution in [1.82, 2.24) is 20.4 Å². The molecule has 13 heteroatoms. The number of hydrogen-bond acceptors (Lipinski definition) is 10. The number of guanidine groups is 2. The fourth-order valence-electron chi connectivity index (χ4n) is 6.94. The van der Waals surface area contributed by atoms with Crippen molar-refractivity contribution in [1.29, 1.82) is 0 Å². The van der Waals surface area contributed by atoms with E-state index in [-0.39, 0.29) is 55.1 Å². The summed E-state index contributed by atoms with van der Waals surface area (Å²) in [5.41, 5.74) is 13.1. The topological polar surface area (TPSA) is 201 Å². The quantitative estimate of drug-likeness (QED) is 0.151. The van der Waals surface area contributed by atoms with E-state index in [2.05, 4.69) is 34.5 Å². The van der Waals surface area contributed by atoms with Gasteiger partial charge in [-0.2, -0.15) is 0 Å². The Morgan fingerprint density at radius 2 is 1.92 bits per heavy atom. The van der Waals surface area contributed by atoms with Gasteiger partial charge in [0.15, 0.2) is 12.0 Å². The Labute approximate surface area is 218 Å². The number of likely N-dealkylation sites (tertiary alicyclic amines) is 1. The molecule has 202 valence electrons. The third-order valence-corrected chi connectivity index (χ3v) is 8.80. The highest BCUT2D eigenvalue weighted by atomic mass is 16.5. The van der Waals surface area contributed by atoms with Crippen molar-refractivity contribution in [2.75, 3.05) is 13.1 Å². The van der Waals surface area contributed by atoms with E-state index >= 15 is 0 Å². The SMILES string of the molecule is CC1(C)CCc2cccc(C(=O)NC3CN4C(N)=N[C@@H](CN5C(=O)CCC5=O)[C@@H]5[NH+]=C(N)NC54C3(O)O)c21. The molecule has 1 aromatic carbocycles. The lowest BCUT2D eigenvalue weighted by molar-refractivity contribution is -0.521. The summed E-state index contributed by atoms with van der Waals surface area (Å²) in [6, 6.07) is 2.72. The van der Waals surface area contributed by atoms with Crippen molar-refractivity contribution in [3.05, 3.63) is 34.9 Å². The van der Waals surface area contributed by atoms with Gasteiger partial charge in [0.25, 0.3) is 11.6 Å². The van der Waals surface area contributed by atoms with Gasteiger partial charge < -0.3 is 21.3 Å². The molecule has 1 aliphatic carbocycles. The van der Waals surface area contributed by atoms with E-state index in [4.69, 9.17) is 11.5 Å². The maximum absolute atomic E-state index is 13.6. The Bertz CT molecular complexity index is 1310. The molecule has 2 saturated heterocycles. The molecule has 9 N–H and O–H groups in total. The summed E-state index contributed by atoms with van der Waals surface area (Å²) < 4.78 is 0. The van der Waals surface area contributed by atoms with Gasteiger partial charge in [-0.15, -0.1) is 0 Å². The molecule has 3 amide bonds. The first-order valence-electron chi connectivity index (χ1n) is 12.9. The lowest BCUT2D eigenvalue weighted by atomic mass is 9.83. The summed E-state index contributed by atoms with van der Waals surface area (Å²) in [4.78, 5) is 48.2. The third kappa shape index (κ3) is 3.21. The molecule has 0 bridgehead atoms. The third-order valence-electron chi connectivity index (χ3n) is 8.80. The molecule has 4 atom stereocenters. The minimum Gasteiger partial charge on any atom is -0.370 e. The molecule has 4 aliphatic heterocycles. The van der Waals surface area contributed by atoms with E-state index in [0.29, 0.717) is 5.56 Å². The van der Waals surface area contributed by atoms with Crippen molar-refractivity contribution < 1.29 is 29.6 Å². The summed E-state index contributed by atoms with van der Waals surface area (Å²) in [6.07, 6.45) is 2.02. The van der Waals surface area contributed by atoms with Crippen LogP contribution in [0.2, 0.25) is 0 Å². The number of nitrogens with two attached hydrogens (primary N) is 2. The van der Waals surface area contributed by atoms with Gasteiger partial charge in [-0.25, -0.2) is 10.3 Å². The van der Waals surface area contributed by atoms with E-state index in [1.54, 1.807) is 6.07 Å². The van der Waals surface area contributed by atoms with Crippen molar-refractivity contribution in [2.45, 2.75) is 74.5 Å². The average Bonchev–Trinajstić information content (AvgIpc) is 3.54. The molecular formula is C25H33N8O5+. The standard InChI is InChI=1S/C25H32N8O5/c1-23(2)9-8-12-4-3-5-13(18(12)23)20(36)29-15-11-33-22(27)28-14(10-32-16(34)6-7-17(32)35)19-24(33,25(15,37)38)31-21(26)30-19/h3-5,14-15,19,37-38H,6-11H2,1-2H3,(H2,27,28)(H,29,36)(H3,26,30,31)/p+1/t14-,15?,19-,24?/m0/s1. The van der Waals surface area contributed by atoms with Crippen LogP contribution in [-0.2, 0) is 21.4 Å². The summed E-state index contributed by atoms with van der Waals surface area (Å²) in [5.74, 6) is -3.62. The first-order chi connectivity index (χ1) is 17.9. The number of aliphatic imine (C=N–C) groups is 1. The van der Waals surface area contributed by atoms with Crippen LogP contribution in [0.25, 0.3) is 0 Å². The number of benzene rings is 1. The van der Waals surface area contributed by atoms with Gasteiger partial charge in [0.05, 0.1) is 13.1 Å². The lowest BCUT2D eigenvalue weighted by Gasteiger charge is -2.46. The van der Waals surface area contributed by atoms with E-state index < -0.39 is 35.5 Å². The fraction of sp³-hybridized carbons (Fsp3) is 0.560. The highest BCUT2D eigenvalue weighted by molar-refractivity contribution is 6.02. The average molecular weight is 526 g/mol. The molecule has 0 saturated carbocycles. The van der Waals surface area contributed by atoms with Crippen LogP contribution >= 0.6 is 0 Å². The summed E-state index contributed by atoms with van der Waals surface area (Å²) in [6.45, 7) is 4.02. The van der Waals surface area contributed by atoms with E-state index in [0.717, 1.165) is 28.9 Å². The van der Waals surface area contributed by atoms with Gasteiger partial charge in [0.1, 0.15) is 12.1 Å². The largest absolute Gasteiger partial charge is 0.370 e. The number of hydrogen-bond donors (Lipinski definition) is 7. The Balaban J connectivity index is 1.33. The summed E-state index contributed by atoms with van der Waals surface area (Å²) >= 11 is 0. The summed E-state index contributed by atoms with van der Waals surface area (Å²) in [5, 5.41) is 29.1. The van der Waals surface area contributed by atoms with Crippen LogP contribution in [0, 0.1) is 0 Å². The minimum absolute atomic E-state index is 0.0275. The Kier molecular flexibility index (Phi) is 5.12. The second kappa shape index (κ2) is 7.90. The zero-order valence-electron chi connectivity index (χ0n) is 21.3. The van der Waals surface area contributed by atoms with Crippen molar-refractivity contribution >= 4 is 29.6 Å². The maximum atomic E-state index is 13.6. The first kappa shape index (κ1) is 24.6. The van der Waals surface area contributed by atoms with Gasteiger partial charge in [-0.1, -0.05) is 26.0 Å². The Morgan fingerprint density at radius 1 is 1.21 bits per heavy atom. The number of imide groups is 1. The molecule has 1 aromatic rings. The molecule has 6 rings (SSSR count). The van der Waals surface area contributed by atoms with Gasteiger partial charge >= 0.3 is 5.96 Å². The Hall–Kier alpha value is -3.71. The van der Waals surface area contributed by atoms with Crippen molar-refractivity contribution in [3.8, 4) is 0 Å². The van der Waals surface area contributed by atoms with Crippen molar-refractivity contribution in [2.24, 2.45) is 16.5 Å². The lowest BCUT2D eigenvalue weighted by Crippen LogP contribution is -2.90. The number of carbonyl (C=O) groups excluding carboxylic acids is 3. The van der Waals surface area contributed by atoms with E-state index in [1.165, 1.54) is 4.90 Å². The second-order valence-corrected chi connectivity index (χ2v) is 11.5. The number of aliphatic hydroxyl groups is 2. The number of nitrogens with zero attached hydrogens (tertiary/aromatic N) is 3. The zero-order chi connectivity index (χ0) is 27.2. The second-order valence-electron chi connectivity index (χ2n) is 11.5. The van der Waals surface area contributed by atoms with Crippen LogP contribution in [0.1, 0.15) is 54.6 Å². The van der Waals surface area contributed by atoms with Crippen LogP contribution in [0.15, 0.2) is 23.2 Å². The zero-order valence-corrected chi connectivity index (χ0v) is 21.3. The molecule has 2 unspecified atom stereocenters. The number of rotatable bonds is 4. The number of amides is 3. The number of fused-ring (bicyclic) bond motifs is 1. The molecule has 13 nitrogen and oxygen atoms in total. The number of carbonyl (C=O) groups is 3. The molecule has 4 heterocycles. The molecule has 1 spiro atoms. The maximum Gasteiger partial charge on any atom is 0.343 e. The summed E-state index contributed by atoms with van der Waals surface area (Å²) in [7, 11) is 0. The van der Waals surface area contributed by atoms with Crippen LogP contribution in [0.4, 0.5) is 0 Å². The van der Waals surface area contributed by atoms with Gasteiger partial charge in [0, 0.05) is 18.4 Å². The van der Waals surface area contributed by atoms with Crippen LogP contribution in [0.5, 0.6) is 0 Å². The first-order valence-corrected chi connectivity index (χ1v) is 12.9.